The van der Waals surface area contributed by atoms with E-state index in [1.165, 1.54) is 0 Å². The predicted octanol–water partition coefficient (Wildman–Crippen LogP) is 7.34. The third kappa shape index (κ3) is 11.5. The third-order valence-corrected chi connectivity index (χ3v) is 11.1. The van der Waals surface area contributed by atoms with Crippen molar-refractivity contribution in [1.29, 1.82) is 0 Å². The van der Waals surface area contributed by atoms with Crippen molar-refractivity contribution in [3.05, 3.63) is 173 Å². The molecule has 0 radical (unpaired) electrons. The first-order chi connectivity index (χ1) is 29.8. The fourth-order valence-electron chi connectivity index (χ4n) is 7.84. The van der Waals surface area contributed by atoms with Gasteiger partial charge in [-0.05, 0) is 76.8 Å². The number of rotatable bonds is 13. The number of benzene rings is 5. The van der Waals surface area contributed by atoms with Crippen LogP contribution in [-0.2, 0) is 36.9 Å². The van der Waals surface area contributed by atoms with Crippen LogP contribution in [0.4, 0.5) is 4.79 Å². The molecule has 2 aliphatic rings. The van der Waals surface area contributed by atoms with Crippen molar-refractivity contribution in [1.82, 2.24) is 16.0 Å². The van der Waals surface area contributed by atoms with Gasteiger partial charge in [-0.15, -0.1) is 0 Å². The summed E-state index contributed by atoms with van der Waals surface area (Å²) in [7, 11) is 0. The molecule has 1 aliphatic heterocycles. The smallest absolute Gasteiger partial charge is 0.407 e. The van der Waals surface area contributed by atoms with Gasteiger partial charge in [0.1, 0.15) is 31.6 Å². The van der Waals surface area contributed by atoms with Gasteiger partial charge in [-0.25, -0.2) is 9.59 Å². The average Bonchev–Trinajstić information content (AvgIpc) is 3.62. The van der Waals surface area contributed by atoms with E-state index in [-0.39, 0.29) is 56.8 Å². The number of hydrogen-bond acceptors (Lipinski definition) is 8. The molecule has 0 saturated carbocycles. The van der Waals surface area contributed by atoms with Crippen LogP contribution in [0.3, 0.4) is 0 Å². The lowest BCUT2D eigenvalue weighted by molar-refractivity contribution is -0.147. The molecule has 1 heterocycles. The first kappa shape index (κ1) is 42.4. The minimum atomic E-state index is -1.01. The van der Waals surface area contributed by atoms with E-state index in [2.05, 4.69) is 28.1 Å². The van der Waals surface area contributed by atoms with Gasteiger partial charge < -0.3 is 35.3 Å². The Balaban J connectivity index is 0.966. The number of carbonyl (C=O) groups excluding carboxylic acids is 4. The number of amides is 3. The fraction of sp³-hybridized carbons (Fsp3) is 0.280. The number of alkyl carbamates (subject to hydrolysis) is 1. The van der Waals surface area contributed by atoms with Gasteiger partial charge in [-0.3, -0.25) is 9.59 Å². The summed E-state index contributed by atoms with van der Waals surface area (Å²) in [6, 6.07) is 40.3. The number of aliphatic hydroxyl groups is 1. The van der Waals surface area contributed by atoms with Crippen LogP contribution in [0.5, 0.6) is 5.75 Å². The van der Waals surface area contributed by atoms with E-state index < -0.39 is 36.1 Å². The van der Waals surface area contributed by atoms with Gasteiger partial charge in [0.05, 0.1) is 24.6 Å². The van der Waals surface area contributed by atoms with Gasteiger partial charge in [-0.2, -0.15) is 0 Å². The minimum Gasteiger partial charge on any atom is -0.489 e. The Morgan fingerprint density at radius 3 is 2.13 bits per heavy atom. The van der Waals surface area contributed by atoms with E-state index in [4.69, 9.17) is 14.2 Å². The molecule has 61 heavy (non-hydrogen) atoms. The van der Waals surface area contributed by atoms with Crippen LogP contribution >= 0.6 is 0 Å². The molecular formula is C50H51N3O8. The first-order valence-corrected chi connectivity index (χ1v) is 20.8. The largest absolute Gasteiger partial charge is 0.489 e. The molecule has 11 nitrogen and oxygen atoms in total. The Morgan fingerprint density at radius 2 is 1.44 bits per heavy atom. The van der Waals surface area contributed by atoms with Crippen molar-refractivity contribution in [2.75, 3.05) is 19.8 Å². The number of hydrogen-bond donors (Lipinski definition) is 4. The summed E-state index contributed by atoms with van der Waals surface area (Å²) in [5, 5.41) is 18.8. The van der Waals surface area contributed by atoms with E-state index in [9.17, 15) is 24.3 Å². The Hall–Kier alpha value is -6.72. The number of esters is 1. The van der Waals surface area contributed by atoms with Crippen LogP contribution in [0.1, 0.15) is 65.5 Å². The highest BCUT2D eigenvalue weighted by Crippen LogP contribution is 2.44. The van der Waals surface area contributed by atoms with Crippen molar-refractivity contribution < 1.29 is 38.5 Å². The number of aliphatic hydroxyl groups excluding tert-OH is 1. The summed E-state index contributed by atoms with van der Waals surface area (Å²) in [5.41, 5.74) is 7.04. The number of carbonyl (C=O) groups is 4. The zero-order valence-corrected chi connectivity index (χ0v) is 33.9. The monoisotopic (exact) mass is 821 g/mol. The topological polar surface area (TPSA) is 152 Å². The molecule has 11 heteroatoms. The molecule has 4 N–H and O–H groups in total. The summed E-state index contributed by atoms with van der Waals surface area (Å²) >= 11 is 0. The van der Waals surface area contributed by atoms with Crippen LogP contribution in [0.25, 0.3) is 11.1 Å². The fourth-order valence-corrected chi connectivity index (χ4v) is 7.84. The van der Waals surface area contributed by atoms with Gasteiger partial charge in [0.25, 0.3) is 0 Å². The van der Waals surface area contributed by atoms with Crippen molar-refractivity contribution in [2.45, 2.75) is 62.8 Å². The van der Waals surface area contributed by atoms with E-state index in [0.717, 1.165) is 33.4 Å². The lowest BCUT2D eigenvalue weighted by Crippen LogP contribution is -2.44. The molecule has 5 aromatic carbocycles. The van der Waals surface area contributed by atoms with Crippen LogP contribution in [0, 0.1) is 5.92 Å². The van der Waals surface area contributed by atoms with E-state index in [1.807, 2.05) is 133 Å². The molecule has 5 aromatic rings. The Labute approximate surface area is 356 Å². The number of nitrogens with one attached hydrogen (secondary N) is 3. The third-order valence-electron chi connectivity index (χ3n) is 11.1. The van der Waals surface area contributed by atoms with Crippen molar-refractivity contribution in [2.24, 2.45) is 5.92 Å². The van der Waals surface area contributed by atoms with Crippen LogP contribution in [0.2, 0.25) is 0 Å². The number of allylic oxidation sites excluding steroid dienone is 2. The van der Waals surface area contributed by atoms with Crippen LogP contribution < -0.4 is 20.7 Å². The van der Waals surface area contributed by atoms with E-state index in [1.54, 1.807) is 0 Å². The number of cyclic esters (lactones) is 1. The molecule has 3 amide bonds. The maximum atomic E-state index is 13.9. The van der Waals surface area contributed by atoms with Crippen LogP contribution in [-0.4, -0.2) is 60.9 Å². The molecule has 0 spiro atoms. The van der Waals surface area contributed by atoms with Gasteiger partial charge in [-0.1, -0.05) is 133 Å². The minimum absolute atomic E-state index is 0.0930. The van der Waals surface area contributed by atoms with Crippen molar-refractivity contribution in [3.63, 3.8) is 0 Å². The lowest BCUT2D eigenvalue weighted by Gasteiger charge is -2.24. The normalized spacial score (nSPS) is 18.4. The lowest BCUT2D eigenvalue weighted by atomic mass is 9.97. The molecule has 314 valence electrons. The molecule has 4 unspecified atom stereocenters. The molecule has 0 fully saturated rings. The molecule has 0 saturated heterocycles. The zero-order chi connectivity index (χ0) is 42.4. The van der Waals surface area contributed by atoms with Gasteiger partial charge in [0.15, 0.2) is 0 Å². The maximum absolute atomic E-state index is 13.9. The second kappa shape index (κ2) is 21.0. The van der Waals surface area contributed by atoms with E-state index >= 15 is 0 Å². The predicted molar refractivity (Wildman–Crippen MR) is 231 cm³/mol. The highest BCUT2D eigenvalue weighted by molar-refractivity contribution is 5.86. The highest BCUT2D eigenvalue weighted by Gasteiger charge is 2.31. The first-order valence-electron chi connectivity index (χ1n) is 20.8. The summed E-state index contributed by atoms with van der Waals surface area (Å²) in [4.78, 5) is 54.1. The average molecular weight is 822 g/mol. The Bertz CT molecular complexity index is 2240. The maximum Gasteiger partial charge on any atom is 0.407 e. The van der Waals surface area contributed by atoms with Gasteiger partial charge in [0, 0.05) is 12.3 Å². The summed E-state index contributed by atoms with van der Waals surface area (Å²) in [6.45, 7) is 0.0434. The second-order valence-electron chi connectivity index (χ2n) is 15.4. The quantitative estimate of drug-likeness (QED) is 0.0712. The number of fused-ring (bicyclic) bond motifs is 3. The standard InChI is InChI=1S/C50H51N3O8/c54-30-38(28-34-24-26-39(27-25-34)59-31-35-14-4-1-5-15-35)51-47(55)29-37-18-8-3-9-23-45(49(57)60-33-46(52-48(37)56)36-16-6-2-7-17-36)53-50(58)61-32-44-42-21-12-10-19-40(42)41-20-11-13-22-43(41)44/h1-8,10-17,19-22,24-27,37-38,44-46,54H,9,18,23,28-33H2,(H,51,55)(H,52,56)(H,53,58). The van der Waals surface area contributed by atoms with Gasteiger partial charge in [0.2, 0.25) is 11.8 Å². The molecular weight excluding hydrogens is 771 g/mol. The molecule has 1 aliphatic carbocycles. The Kier molecular flexibility index (Phi) is 14.6. The molecule has 0 bridgehead atoms. The second-order valence-corrected chi connectivity index (χ2v) is 15.4. The summed E-state index contributed by atoms with van der Waals surface area (Å²) in [6.07, 6.45) is 4.00. The summed E-state index contributed by atoms with van der Waals surface area (Å²) in [5.74, 6) is -1.61. The highest BCUT2D eigenvalue weighted by atomic mass is 16.6. The van der Waals surface area contributed by atoms with Gasteiger partial charge >= 0.3 is 12.1 Å². The molecule has 7 rings (SSSR count). The van der Waals surface area contributed by atoms with Crippen molar-refractivity contribution >= 4 is 23.9 Å². The van der Waals surface area contributed by atoms with Crippen molar-refractivity contribution in [3.8, 4) is 16.9 Å². The zero-order valence-electron chi connectivity index (χ0n) is 33.9. The van der Waals surface area contributed by atoms with Crippen LogP contribution in [0.15, 0.2) is 146 Å². The Morgan fingerprint density at radius 1 is 0.787 bits per heavy atom. The molecule has 4 atom stereocenters. The molecule has 0 aromatic heterocycles. The number of ether oxygens (including phenoxy) is 3. The summed E-state index contributed by atoms with van der Waals surface area (Å²) < 4.78 is 17.4. The van der Waals surface area contributed by atoms with E-state index in [0.29, 0.717) is 30.8 Å². The SMILES string of the molecule is O=C(CC1CC=CCCC(NC(=O)OCC2c3ccccc3-c3ccccc32)C(=O)OCC(c2ccccc2)NC1=O)NC(CO)Cc1ccc(OCc2ccccc2)cc1.